The molecule has 1 aromatic heterocycles. The van der Waals surface area contributed by atoms with E-state index in [1.165, 1.54) is 12.1 Å². The molecule has 0 bridgehead atoms. The van der Waals surface area contributed by atoms with Crippen molar-refractivity contribution in [1.82, 2.24) is 10.3 Å². The van der Waals surface area contributed by atoms with Gasteiger partial charge in [-0.1, -0.05) is 19.1 Å². The van der Waals surface area contributed by atoms with Crippen LogP contribution < -0.4 is 10.2 Å². The molecule has 0 amide bonds. The molecule has 0 radical (unpaired) electrons. The summed E-state index contributed by atoms with van der Waals surface area (Å²) in [6, 6.07) is 10.7. The molecule has 1 aromatic carbocycles. The van der Waals surface area contributed by atoms with Crippen molar-refractivity contribution in [2.45, 2.75) is 20.0 Å². The van der Waals surface area contributed by atoms with E-state index in [0.29, 0.717) is 0 Å². The van der Waals surface area contributed by atoms with Crippen LogP contribution in [-0.4, -0.2) is 18.6 Å². The number of pyridine rings is 1. The lowest BCUT2D eigenvalue weighted by atomic mass is 10.2. The van der Waals surface area contributed by atoms with Crippen molar-refractivity contribution < 1.29 is 4.39 Å². The first-order chi connectivity index (χ1) is 9.69. The van der Waals surface area contributed by atoms with E-state index in [2.05, 4.69) is 28.2 Å². The second-order valence-corrected chi connectivity index (χ2v) is 4.77. The van der Waals surface area contributed by atoms with E-state index >= 15 is 0 Å². The van der Waals surface area contributed by atoms with Crippen LogP contribution in [0.1, 0.15) is 18.2 Å². The highest BCUT2D eigenvalue weighted by atomic mass is 19.1. The Bertz CT molecular complexity index is 540. The average Bonchev–Trinajstić information content (AvgIpc) is 2.48. The summed E-state index contributed by atoms with van der Waals surface area (Å²) >= 11 is 0. The van der Waals surface area contributed by atoms with Gasteiger partial charge in [0.2, 0.25) is 0 Å². The predicted octanol–water partition coefficient (Wildman–Crippen LogP) is 2.97. The maximum absolute atomic E-state index is 12.9. The third-order valence-electron chi connectivity index (χ3n) is 3.13. The first kappa shape index (κ1) is 14.5. The summed E-state index contributed by atoms with van der Waals surface area (Å²) in [7, 11) is 2.02. The minimum absolute atomic E-state index is 0.201. The van der Waals surface area contributed by atoms with Crippen LogP contribution >= 0.6 is 0 Å². The molecule has 4 heteroatoms. The molecule has 0 saturated carbocycles. The Hall–Kier alpha value is -1.94. The Morgan fingerprint density at radius 3 is 2.65 bits per heavy atom. The number of nitrogens with one attached hydrogen (secondary N) is 1. The van der Waals surface area contributed by atoms with Gasteiger partial charge in [0.1, 0.15) is 5.82 Å². The number of benzene rings is 1. The Kier molecular flexibility index (Phi) is 5.07. The standard InChI is InChI=1S/C16H20FN3/c1-3-18-11-15-10-16(8-9-19-15)20(2)12-13-4-6-14(17)7-5-13/h4-10,18H,3,11-12H2,1-2H3. The maximum atomic E-state index is 12.9. The molecule has 20 heavy (non-hydrogen) atoms. The summed E-state index contributed by atoms with van der Waals surface area (Å²) in [6.07, 6.45) is 1.82. The Morgan fingerprint density at radius 1 is 1.20 bits per heavy atom. The van der Waals surface area contributed by atoms with Crippen LogP contribution in [0.2, 0.25) is 0 Å². The molecule has 106 valence electrons. The summed E-state index contributed by atoms with van der Waals surface area (Å²) in [5, 5.41) is 3.26. The van der Waals surface area contributed by atoms with Gasteiger partial charge in [0.15, 0.2) is 0 Å². The van der Waals surface area contributed by atoms with Crippen LogP contribution in [0.15, 0.2) is 42.6 Å². The Labute approximate surface area is 119 Å². The van der Waals surface area contributed by atoms with E-state index in [-0.39, 0.29) is 5.82 Å². The zero-order valence-corrected chi connectivity index (χ0v) is 11.9. The number of halogens is 1. The van der Waals surface area contributed by atoms with Gasteiger partial charge >= 0.3 is 0 Å². The van der Waals surface area contributed by atoms with E-state index < -0.39 is 0 Å². The average molecular weight is 273 g/mol. The lowest BCUT2D eigenvalue weighted by Gasteiger charge is -2.20. The normalized spacial score (nSPS) is 10.6. The molecule has 0 aliphatic heterocycles. The van der Waals surface area contributed by atoms with Gasteiger partial charge in [-0.05, 0) is 36.4 Å². The lowest BCUT2D eigenvalue weighted by Crippen LogP contribution is -2.18. The molecule has 2 rings (SSSR count). The largest absolute Gasteiger partial charge is 0.370 e. The molecule has 0 spiro atoms. The smallest absolute Gasteiger partial charge is 0.123 e. The van der Waals surface area contributed by atoms with Crippen LogP contribution in [0, 0.1) is 5.82 Å². The minimum Gasteiger partial charge on any atom is -0.370 e. The third-order valence-corrected chi connectivity index (χ3v) is 3.13. The molecule has 2 aromatic rings. The monoisotopic (exact) mass is 273 g/mol. The highest BCUT2D eigenvalue weighted by Gasteiger charge is 2.04. The second-order valence-electron chi connectivity index (χ2n) is 4.77. The van der Waals surface area contributed by atoms with Gasteiger partial charge in [0.25, 0.3) is 0 Å². The summed E-state index contributed by atoms with van der Waals surface area (Å²) in [5.74, 6) is -0.201. The fourth-order valence-corrected chi connectivity index (χ4v) is 2.01. The number of rotatable bonds is 6. The molecule has 1 N–H and O–H groups in total. The van der Waals surface area contributed by atoms with Crippen LogP contribution in [0.3, 0.4) is 0 Å². The van der Waals surface area contributed by atoms with Crippen molar-refractivity contribution in [2.24, 2.45) is 0 Å². The summed E-state index contributed by atoms with van der Waals surface area (Å²) in [5.41, 5.74) is 3.21. The minimum atomic E-state index is -0.201. The van der Waals surface area contributed by atoms with Crippen molar-refractivity contribution in [3.63, 3.8) is 0 Å². The van der Waals surface area contributed by atoms with E-state index in [0.717, 1.165) is 36.6 Å². The summed E-state index contributed by atoms with van der Waals surface area (Å²) in [4.78, 5) is 6.47. The maximum Gasteiger partial charge on any atom is 0.123 e. The van der Waals surface area contributed by atoms with Gasteiger partial charge in [0, 0.05) is 32.0 Å². The summed E-state index contributed by atoms with van der Waals surface area (Å²) in [6.45, 7) is 4.52. The third kappa shape index (κ3) is 4.03. The van der Waals surface area contributed by atoms with Gasteiger partial charge in [0.05, 0.1) is 5.69 Å². The second kappa shape index (κ2) is 7.01. The number of nitrogens with zero attached hydrogens (tertiary/aromatic N) is 2. The molecule has 0 unspecified atom stereocenters. The molecule has 0 fully saturated rings. The van der Waals surface area contributed by atoms with Crippen molar-refractivity contribution in [3.05, 3.63) is 59.7 Å². The van der Waals surface area contributed by atoms with E-state index in [4.69, 9.17) is 0 Å². The highest BCUT2D eigenvalue weighted by Crippen LogP contribution is 2.16. The van der Waals surface area contributed by atoms with Crippen molar-refractivity contribution in [2.75, 3.05) is 18.5 Å². The number of hydrogen-bond donors (Lipinski definition) is 1. The molecule has 0 atom stereocenters. The van der Waals surface area contributed by atoms with E-state index in [1.807, 2.05) is 31.4 Å². The first-order valence-electron chi connectivity index (χ1n) is 6.80. The van der Waals surface area contributed by atoms with Crippen molar-refractivity contribution >= 4 is 5.69 Å². The zero-order chi connectivity index (χ0) is 14.4. The van der Waals surface area contributed by atoms with Crippen LogP contribution in [0.5, 0.6) is 0 Å². The molecular weight excluding hydrogens is 253 g/mol. The fraction of sp³-hybridized carbons (Fsp3) is 0.312. The zero-order valence-electron chi connectivity index (χ0n) is 11.9. The fourth-order valence-electron chi connectivity index (χ4n) is 2.01. The molecule has 0 aliphatic carbocycles. The van der Waals surface area contributed by atoms with Crippen molar-refractivity contribution in [1.29, 1.82) is 0 Å². The van der Waals surface area contributed by atoms with Crippen LogP contribution in [-0.2, 0) is 13.1 Å². The van der Waals surface area contributed by atoms with Crippen LogP contribution in [0.4, 0.5) is 10.1 Å². The molecule has 0 aliphatic rings. The van der Waals surface area contributed by atoms with Gasteiger partial charge in [-0.15, -0.1) is 0 Å². The topological polar surface area (TPSA) is 28.2 Å². The molecule has 3 nitrogen and oxygen atoms in total. The Morgan fingerprint density at radius 2 is 1.95 bits per heavy atom. The van der Waals surface area contributed by atoms with Gasteiger partial charge in [-0.2, -0.15) is 0 Å². The SMILES string of the molecule is CCNCc1cc(N(C)Cc2ccc(F)cc2)ccn1. The molecule has 1 heterocycles. The van der Waals surface area contributed by atoms with Gasteiger partial charge < -0.3 is 10.2 Å². The lowest BCUT2D eigenvalue weighted by molar-refractivity contribution is 0.627. The predicted molar refractivity (Wildman–Crippen MR) is 80.1 cm³/mol. The van der Waals surface area contributed by atoms with Gasteiger partial charge in [-0.25, -0.2) is 4.39 Å². The van der Waals surface area contributed by atoms with Gasteiger partial charge in [-0.3, -0.25) is 4.98 Å². The quantitative estimate of drug-likeness (QED) is 0.877. The molecule has 0 saturated heterocycles. The van der Waals surface area contributed by atoms with E-state index in [9.17, 15) is 4.39 Å². The summed E-state index contributed by atoms with van der Waals surface area (Å²) < 4.78 is 12.9. The van der Waals surface area contributed by atoms with Crippen molar-refractivity contribution in [3.8, 4) is 0 Å². The Balaban J connectivity index is 2.04. The number of hydrogen-bond acceptors (Lipinski definition) is 3. The highest BCUT2D eigenvalue weighted by molar-refractivity contribution is 5.46. The number of aromatic nitrogens is 1. The number of anilines is 1. The first-order valence-corrected chi connectivity index (χ1v) is 6.80. The van der Waals surface area contributed by atoms with E-state index in [1.54, 1.807) is 0 Å². The molecular formula is C16H20FN3. The van der Waals surface area contributed by atoms with Crippen LogP contribution in [0.25, 0.3) is 0 Å².